The summed E-state index contributed by atoms with van der Waals surface area (Å²) in [5.41, 5.74) is 0.821. The molecule has 1 heterocycles. The maximum Gasteiger partial charge on any atom is 0.310 e. The number of carbonyl (C=O) groups excluding carboxylic acids is 2. The minimum atomic E-state index is -3.22. The lowest BCUT2D eigenvalue weighted by molar-refractivity contribution is -0.145. The Morgan fingerprint density at radius 1 is 1.33 bits per heavy atom. The van der Waals surface area contributed by atoms with Crippen molar-refractivity contribution in [2.75, 3.05) is 19.9 Å². The van der Waals surface area contributed by atoms with Crippen LogP contribution in [0.15, 0.2) is 29.2 Å². The van der Waals surface area contributed by atoms with E-state index < -0.39 is 15.8 Å². The molecule has 0 N–H and O–H groups in total. The zero-order valence-corrected chi connectivity index (χ0v) is 12.7. The van der Waals surface area contributed by atoms with E-state index in [0.29, 0.717) is 13.1 Å². The monoisotopic (exact) mass is 311 g/mol. The molecule has 21 heavy (non-hydrogen) atoms. The van der Waals surface area contributed by atoms with Gasteiger partial charge < -0.3 is 9.64 Å². The average molecular weight is 311 g/mol. The fourth-order valence-corrected chi connectivity index (χ4v) is 2.94. The van der Waals surface area contributed by atoms with Crippen molar-refractivity contribution in [1.82, 2.24) is 4.90 Å². The van der Waals surface area contributed by atoms with Crippen LogP contribution in [0.2, 0.25) is 0 Å². The second-order valence-electron chi connectivity index (χ2n) is 5.11. The standard InChI is InChI=1S/C14H17NO5S/c1-20-14(17)11-7-13(16)15(9-11)8-10-3-5-12(6-4-10)21(2,18)19/h3-6,11H,7-9H2,1-2H3. The highest BCUT2D eigenvalue weighted by Crippen LogP contribution is 2.21. The Morgan fingerprint density at radius 3 is 2.48 bits per heavy atom. The average Bonchev–Trinajstić information content (AvgIpc) is 2.79. The van der Waals surface area contributed by atoms with E-state index in [1.165, 1.54) is 19.2 Å². The fraction of sp³-hybridized carbons (Fsp3) is 0.429. The number of benzene rings is 1. The first-order valence-corrected chi connectivity index (χ1v) is 8.35. The first-order valence-electron chi connectivity index (χ1n) is 6.46. The molecular weight excluding hydrogens is 294 g/mol. The van der Waals surface area contributed by atoms with Crippen LogP contribution in [0, 0.1) is 5.92 Å². The molecule has 1 unspecified atom stereocenters. The first-order chi connectivity index (χ1) is 9.81. The molecule has 6 nitrogen and oxygen atoms in total. The lowest BCUT2D eigenvalue weighted by Gasteiger charge is -2.16. The minimum Gasteiger partial charge on any atom is -0.469 e. The fourth-order valence-electron chi connectivity index (χ4n) is 2.31. The van der Waals surface area contributed by atoms with Gasteiger partial charge in [0.05, 0.1) is 17.9 Å². The minimum absolute atomic E-state index is 0.0995. The highest BCUT2D eigenvalue weighted by molar-refractivity contribution is 7.90. The molecule has 0 aromatic heterocycles. The third-order valence-corrected chi connectivity index (χ3v) is 4.60. The molecule has 2 rings (SSSR count). The Bertz CT molecular complexity index is 650. The Kier molecular flexibility index (Phi) is 4.32. The lowest BCUT2D eigenvalue weighted by atomic mass is 10.1. The molecule has 1 atom stereocenters. The van der Waals surface area contributed by atoms with E-state index in [2.05, 4.69) is 4.74 Å². The molecule has 0 bridgehead atoms. The van der Waals surface area contributed by atoms with Gasteiger partial charge in [-0.2, -0.15) is 0 Å². The van der Waals surface area contributed by atoms with E-state index in [1.54, 1.807) is 17.0 Å². The van der Waals surface area contributed by atoms with Crippen molar-refractivity contribution in [3.63, 3.8) is 0 Å². The first kappa shape index (κ1) is 15.5. The number of hydrogen-bond acceptors (Lipinski definition) is 5. The number of rotatable bonds is 4. The molecular formula is C14H17NO5S. The smallest absolute Gasteiger partial charge is 0.310 e. The van der Waals surface area contributed by atoms with Gasteiger partial charge in [-0.15, -0.1) is 0 Å². The number of ether oxygens (including phenoxy) is 1. The molecule has 1 fully saturated rings. The Balaban J connectivity index is 2.05. The van der Waals surface area contributed by atoms with Crippen LogP contribution < -0.4 is 0 Å². The number of nitrogens with zero attached hydrogens (tertiary/aromatic N) is 1. The summed E-state index contributed by atoms with van der Waals surface area (Å²) >= 11 is 0. The van der Waals surface area contributed by atoms with Gasteiger partial charge in [0.1, 0.15) is 0 Å². The van der Waals surface area contributed by atoms with Crippen LogP contribution in [0.5, 0.6) is 0 Å². The van der Waals surface area contributed by atoms with Crippen molar-refractivity contribution >= 4 is 21.7 Å². The molecule has 0 aliphatic carbocycles. The van der Waals surface area contributed by atoms with Crippen LogP contribution in [0.4, 0.5) is 0 Å². The normalized spacial score (nSPS) is 18.9. The maximum atomic E-state index is 11.9. The summed E-state index contributed by atoms with van der Waals surface area (Å²) in [6.45, 7) is 0.690. The van der Waals surface area contributed by atoms with Gasteiger partial charge in [-0.25, -0.2) is 8.42 Å². The molecule has 1 aliphatic rings. The Labute approximate surface area is 123 Å². The number of hydrogen-bond donors (Lipinski definition) is 0. The number of carbonyl (C=O) groups is 2. The van der Waals surface area contributed by atoms with Crippen molar-refractivity contribution in [2.24, 2.45) is 5.92 Å². The van der Waals surface area contributed by atoms with Crippen molar-refractivity contribution in [1.29, 1.82) is 0 Å². The van der Waals surface area contributed by atoms with Crippen LogP contribution in [-0.2, 0) is 30.7 Å². The van der Waals surface area contributed by atoms with Crippen molar-refractivity contribution < 1.29 is 22.7 Å². The number of likely N-dealkylation sites (tertiary alicyclic amines) is 1. The van der Waals surface area contributed by atoms with Gasteiger partial charge in [-0.1, -0.05) is 12.1 Å². The van der Waals surface area contributed by atoms with Crippen molar-refractivity contribution in [2.45, 2.75) is 17.9 Å². The zero-order chi connectivity index (χ0) is 15.6. The molecule has 1 saturated heterocycles. The van der Waals surface area contributed by atoms with Gasteiger partial charge in [-0.3, -0.25) is 9.59 Å². The molecule has 114 valence electrons. The predicted octanol–water partition coefficient (Wildman–Crippen LogP) is 0.612. The van der Waals surface area contributed by atoms with Crippen LogP contribution in [0.1, 0.15) is 12.0 Å². The highest BCUT2D eigenvalue weighted by Gasteiger charge is 2.34. The molecule has 7 heteroatoms. The van der Waals surface area contributed by atoms with Gasteiger partial charge >= 0.3 is 5.97 Å². The number of methoxy groups -OCH3 is 1. The number of esters is 1. The summed E-state index contributed by atoms with van der Waals surface area (Å²) in [6.07, 6.45) is 1.31. The molecule has 0 radical (unpaired) electrons. The number of sulfone groups is 1. The molecule has 1 aliphatic heterocycles. The van der Waals surface area contributed by atoms with Gasteiger partial charge in [-0.05, 0) is 17.7 Å². The van der Waals surface area contributed by atoms with E-state index >= 15 is 0 Å². The second kappa shape index (κ2) is 5.85. The topological polar surface area (TPSA) is 80.8 Å². The molecule has 1 aromatic carbocycles. The SMILES string of the molecule is COC(=O)C1CC(=O)N(Cc2ccc(S(C)(=O)=O)cc2)C1. The molecule has 1 aromatic rings. The van der Waals surface area contributed by atoms with Gasteiger partial charge in [0.2, 0.25) is 5.91 Å². The largest absolute Gasteiger partial charge is 0.469 e. The van der Waals surface area contributed by atoms with Crippen LogP contribution in [0.25, 0.3) is 0 Å². The summed E-state index contributed by atoms with van der Waals surface area (Å²) < 4.78 is 27.4. The third-order valence-electron chi connectivity index (χ3n) is 3.47. The highest BCUT2D eigenvalue weighted by atomic mass is 32.2. The van der Waals surface area contributed by atoms with E-state index in [9.17, 15) is 18.0 Å². The molecule has 1 amide bonds. The van der Waals surface area contributed by atoms with E-state index in [0.717, 1.165) is 11.8 Å². The second-order valence-corrected chi connectivity index (χ2v) is 7.13. The third kappa shape index (κ3) is 3.60. The summed E-state index contributed by atoms with van der Waals surface area (Å²) in [5.74, 6) is -0.895. The predicted molar refractivity (Wildman–Crippen MR) is 75.1 cm³/mol. The summed E-state index contributed by atoms with van der Waals surface area (Å²) in [7, 11) is -1.92. The maximum absolute atomic E-state index is 11.9. The Hall–Kier alpha value is -1.89. The molecule has 0 saturated carbocycles. The van der Waals surface area contributed by atoms with Crippen LogP contribution in [0.3, 0.4) is 0 Å². The number of amides is 1. The lowest BCUT2D eigenvalue weighted by Crippen LogP contribution is -2.26. The van der Waals surface area contributed by atoms with E-state index in [4.69, 9.17) is 0 Å². The van der Waals surface area contributed by atoms with Crippen LogP contribution in [-0.4, -0.2) is 45.1 Å². The van der Waals surface area contributed by atoms with Crippen molar-refractivity contribution in [3.8, 4) is 0 Å². The summed E-state index contributed by atoms with van der Waals surface area (Å²) in [4.78, 5) is 25.1. The zero-order valence-electron chi connectivity index (χ0n) is 11.9. The van der Waals surface area contributed by atoms with Gasteiger partial charge in [0.15, 0.2) is 9.84 Å². The summed E-state index contributed by atoms with van der Waals surface area (Å²) in [5, 5.41) is 0. The quantitative estimate of drug-likeness (QED) is 0.761. The van der Waals surface area contributed by atoms with E-state index in [-0.39, 0.29) is 23.2 Å². The molecule has 0 spiro atoms. The van der Waals surface area contributed by atoms with E-state index in [1.807, 2.05) is 0 Å². The van der Waals surface area contributed by atoms with Crippen LogP contribution >= 0.6 is 0 Å². The summed E-state index contributed by atoms with van der Waals surface area (Å²) in [6, 6.07) is 6.39. The van der Waals surface area contributed by atoms with Gasteiger partial charge in [0.25, 0.3) is 0 Å². The van der Waals surface area contributed by atoms with Crippen molar-refractivity contribution in [3.05, 3.63) is 29.8 Å². The van der Waals surface area contributed by atoms with Gasteiger partial charge in [0, 0.05) is 25.8 Å². The Morgan fingerprint density at radius 2 is 1.95 bits per heavy atom.